The Morgan fingerprint density at radius 1 is 1.22 bits per heavy atom. The van der Waals surface area contributed by atoms with Crippen LogP contribution >= 0.6 is 11.6 Å². The molecule has 5 nitrogen and oxygen atoms in total. The normalized spacial score (nSPS) is 16.2. The van der Waals surface area contributed by atoms with Crippen molar-refractivity contribution in [3.8, 4) is 5.75 Å². The van der Waals surface area contributed by atoms with Crippen LogP contribution in [0.4, 0.5) is 0 Å². The van der Waals surface area contributed by atoms with Crippen LogP contribution in [0.2, 0.25) is 5.02 Å². The van der Waals surface area contributed by atoms with Crippen LogP contribution in [0.1, 0.15) is 39.0 Å². The van der Waals surface area contributed by atoms with E-state index in [1.807, 2.05) is 48.5 Å². The van der Waals surface area contributed by atoms with Crippen molar-refractivity contribution in [1.82, 2.24) is 15.2 Å². The number of carbonyl (C=O) groups excluding carboxylic acids is 1. The smallest absolute Gasteiger partial charge is 0.251 e. The van der Waals surface area contributed by atoms with Crippen LogP contribution in [0, 0.1) is 0 Å². The summed E-state index contributed by atoms with van der Waals surface area (Å²) in [5.41, 5.74) is 5.10. The predicted octanol–water partition coefficient (Wildman–Crippen LogP) is 4.40. The van der Waals surface area contributed by atoms with Gasteiger partial charge >= 0.3 is 0 Å². The summed E-state index contributed by atoms with van der Waals surface area (Å²) in [6.45, 7) is 1.39. The summed E-state index contributed by atoms with van der Waals surface area (Å²) in [4.78, 5) is 19.3. The monoisotopic (exact) mass is 449 g/mol. The third kappa shape index (κ3) is 5.29. The lowest BCUT2D eigenvalue weighted by Gasteiger charge is -2.26. The molecule has 0 bridgehead atoms. The summed E-state index contributed by atoms with van der Waals surface area (Å²) in [6.07, 6.45) is 6.98. The molecule has 0 fully saturated rings. The number of phenolic OH excluding ortho intramolecular Hbond substituents is 1. The van der Waals surface area contributed by atoms with Crippen LogP contribution in [0.25, 0.3) is 0 Å². The second kappa shape index (κ2) is 10.2. The minimum absolute atomic E-state index is 0.0661. The summed E-state index contributed by atoms with van der Waals surface area (Å²) >= 11 is 6.12. The van der Waals surface area contributed by atoms with Crippen LogP contribution < -0.4 is 5.32 Å². The molecule has 1 amide bonds. The maximum Gasteiger partial charge on any atom is 0.251 e. The highest BCUT2D eigenvalue weighted by atomic mass is 35.5. The minimum atomic E-state index is -0.0661. The van der Waals surface area contributed by atoms with Gasteiger partial charge in [-0.15, -0.1) is 0 Å². The molecule has 1 unspecified atom stereocenters. The van der Waals surface area contributed by atoms with E-state index in [1.54, 1.807) is 12.4 Å². The largest absolute Gasteiger partial charge is 0.506 e. The van der Waals surface area contributed by atoms with Crippen molar-refractivity contribution in [3.05, 3.63) is 93.8 Å². The number of nitrogens with one attached hydrogen (secondary N) is 1. The van der Waals surface area contributed by atoms with Gasteiger partial charge in [-0.2, -0.15) is 0 Å². The van der Waals surface area contributed by atoms with Crippen LogP contribution in [-0.4, -0.2) is 40.5 Å². The van der Waals surface area contributed by atoms with Crippen LogP contribution in [0.3, 0.4) is 0 Å². The number of pyridine rings is 1. The highest BCUT2D eigenvalue weighted by molar-refractivity contribution is 6.32. The Morgan fingerprint density at radius 3 is 2.88 bits per heavy atom. The molecule has 6 heteroatoms. The molecule has 3 aromatic rings. The van der Waals surface area contributed by atoms with Gasteiger partial charge < -0.3 is 15.3 Å². The molecule has 0 spiro atoms. The van der Waals surface area contributed by atoms with Crippen LogP contribution in [0.5, 0.6) is 5.75 Å². The fourth-order valence-electron chi connectivity index (χ4n) is 4.34. The number of carbonyl (C=O) groups is 1. The third-order valence-corrected chi connectivity index (χ3v) is 6.57. The molecule has 0 radical (unpaired) electrons. The molecule has 1 aromatic heterocycles. The van der Waals surface area contributed by atoms with E-state index in [2.05, 4.69) is 22.2 Å². The van der Waals surface area contributed by atoms with E-state index >= 15 is 0 Å². The van der Waals surface area contributed by atoms with Gasteiger partial charge in [0.2, 0.25) is 0 Å². The van der Waals surface area contributed by atoms with E-state index in [0.29, 0.717) is 17.6 Å². The van der Waals surface area contributed by atoms with Gasteiger partial charge in [-0.1, -0.05) is 35.9 Å². The van der Waals surface area contributed by atoms with E-state index in [1.165, 1.54) is 5.56 Å². The molecule has 0 saturated carbocycles. The second-order valence-corrected chi connectivity index (χ2v) is 8.81. The molecular formula is C26H28ClN3O2. The van der Waals surface area contributed by atoms with E-state index in [-0.39, 0.29) is 11.7 Å². The Balaban J connectivity index is 1.44. The molecule has 4 rings (SSSR count). The van der Waals surface area contributed by atoms with Gasteiger partial charge in [0.1, 0.15) is 5.75 Å². The number of fused-ring (bicyclic) bond motifs is 1. The Labute approximate surface area is 194 Å². The molecule has 2 heterocycles. The number of hydrogen-bond acceptors (Lipinski definition) is 4. The standard InChI is InChI=1S/C26H28ClN3O2/c1-30-12-10-20-14-24(27)25(31)15-21(20)13-22(30)9-8-19-6-2-3-7-23(19)26(32)29-17-18-5-4-11-28-16-18/h2-7,11,14-16,22,31H,8-10,12-13,17H2,1H3,(H,29,32). The van der Waals surface area contributed by atoms with Crippen molar-refractivity contribution in [2.75, 3.05) is 13.6 Å². The summed E-state index contributed by atoms with van der Waals surface area (Å²) in [6, 6.07) is 15.7. The van der Waals surface area contributed by atoms with Gasteiger partial charge in [0.25, 0.3) is 5.91 Å². The molecular weight excluding hydrogens is 422 g/mol. The lowest BCUT2D eigenvalue weighted by atomic mass is 9.94. The molecule has 2 N–H and O–H groups in total. The van der Waals surface area contributed by atoms with Crippen LogP contribution in [0.15, 0.2) is 60.9 Å². The van der Waals surface area contributed by atoms with Crippen molar-refractivity contribution in [2.45, 2.75) is 38.3 Å². The summed E-state index contributed by atoms with van der Waals surface area (Å²) in [7, 11) is 2.14. The summed E-state index contributed by atoms with van der Waals surface area (Å²) in [5.74, 6) is 0.0768. The third-order valence-electron chi connectivity index (χ3n) is 6.27. The Morgan fingerprint density at radius 2 is 2.06 bits per heavy atom. The second-order valence-electron chi connectivity index (χ2n) is 8.40. The number of aryl methyl sites for hydroxylation is 1. The van der Waals surface area contributed by atoms with Crippen LogP contribution in [-0.2, 0) is 25.8 Å². The average Bonchev–Trinajstić information content (AvgIpc) is 2.96. The van der Waals surface area contributed by atoms with Crippen molar-refractivity contribution in [2.24, 2.45) is 0 Å². The summed E-state index contributed by atoms with van der Waals surface area (Å²) < 4.78 is 0. The molecule has 32 heavy (non-hydrogen) atoms. The van der Waals surface area contributed by atoms with Gasteiger partial charge in [-0.25, -0.2) is 0 Å². The first-order valence-electron chi connectivity index (χ1n) is 11.0. The fraction of sp³-hybridized carbons (Fsp3) is 0.308. The number of aromatic nitrogens is 1. The predicted molar refractivity (Wildman–Crippen MR) is 127 cm³/mol. The fourth-order valence-corrected chi connectivity index (χ4v) is 4.53. The number of benzene rings is 2. The number of aromatic hydroxyl groups is 1. The van der Waals surface area contributed by atoms with E-state index in [4.69, 9.17) is 11.6 Å². The van der Waals surface area contributed by atoms with E-state index < -0.39 is 0 Å². The molecule has 1 atom stereocenters. The average molecular weight is 450 g/mol. The number of phenols is 1. The molecule has 1 aliphatic heterocycles. The van der Waals surface area contributed by atoms with Gasteiger partial charge in [0.05, 0.1) is 5.02 Å². The van der Waals surface area contributed by atoms with Gasteiger partial charge in [0, 0.05) is 37.1 Å². The van der Waals surface area contributed by atoms with Gasteiger partial charge in [-0.3, -0.25) is 9.78 Å². The number of nitrogens with zero attached hydrogens (tertiary/aromatic N) is 2. The lowest BCUT2D eigenvalue weighted by Crippen LogP contribution is -2.33. The van der Waals surface area contributed by atoms with Gasteiger partial charge in [0.15, 0.2) is 0 Å². The number of halogens is 1. The lowest BCUT2D eigenvalue weighted by molar-refractivity contribution is 0.0949. The Kier molecular flexibility index (Phi) is 7.08. The minimum Gasteiger partial charge on any atom is -0.506 e. The first-order valence-corrected chi connectivity index (χ1v) is 11.3. The maximum absolute atomic E-state index is 12.9. The number of amides is 1. The van der Waals surface area contributed by atoms with E-state index in [0.717, 1.165) is 54.5 Å². The van der Waals surface area contributed by atoms with E-state index in [9.17, 15) is 9.90 Å². The molecule has 2 aromatic carbocycles. The van der Waals surface area contributed by atoms with Crippen molar-refractivity contribution in [3.63, 3.8) is 0 Å². The van der Waals surface area contributed by atoms with Crippen molar-refractivity contribution < 1.29 is 9.90 Å². The quantitative estimate of drug-likeness (QED) is 0.585. The molecule has 166 valence electrons. The number of likely N-dealkylation sites (N-methyl/N-ethyl adjacent to an activating group) is 1. The Bertz CT molecular complexity index is 1090. The topological polar surface area (TPSA) is 65.5 Å². The zero-order valence-electron chi connectivity index (χ0n) is 18.2. The first-order chi connectivity index (χ1) is 15.5. The zero-order chi connectivity index (χ0) is 22.5. The molecule has 1 aliphatic rings. The number of hydrogen-bond donors (Lipinski definition) is 2. The molecule has 0 saturated heterocycles. The SMILES string of the molecule is CN1CCc2cc(Cl)c(O)cc2CC1CCc1ccccc1C(=O)NCc1cccnc1. The van der Waals surface area contributed by atoms with Crippen molar-refractivity contribution >= 4 is 17.5 Å². The van der Waals surface area contributed by atoms with Crippen molar-refractivity contribution in [1.29, 1.82) is 0 Å². The first kappa shape index (κ1) is 22.3. The highest BCUT2D eigenvalue weighted by Gasteiger charge is 2.23. The maximum atomic E-state index is 12.9. The zero-order valence-corrected chi connectivity index (χ0v) is 19.0. The van der Waals surface area contributed by atoms with Gasteiger partial charge in [-0.05, 0) is 79.3 Å². The highest BCUT2D eigenvalue weighted by Crippen LogP contribution is 2.31. The number of rotatable bonds is 6. The Hall–Kier alpha value is -2.89. The molecule has 0 aliphatic carbocycles. The summed E-state index contributed by atoms with van der Waals surface area (Å²) in [5, 5.41) is 13.5.